The van der Waals surface area contributed by atoms with Gasteiger partial charge in [0.25, 0.3) is 5.69 Å². The predicted octanol–water partition coefficient (Wildman–Crippen LogP) is 3.05. The molecule has 0 bridgehead atoms. The zero-order valence-corrected chi connectivity index (χ0v) is 11.3. The summed E-state index contributed by atoms with van der Waals surface area (Å²) < 4.78 is 10.6. The number of hydrogen-bond donors (Lipinski definition) is 0. The summed E-state index contributed by atoms with van der Waals surface area (Å²) in [5.74, 6) is 1.03. The Morgan fingerprint density at radius 2 is 1.95 bits per heavy atom. The van der Waals surface area contributed by atoms with Crippen LogP contribution in [0.5, 0.6) is 11.5 Å². The molecule has 0 atom stereocenters. The Bertz CT molecular complexity index is 690. The van der Waals surface area contributed by atoms with Crippen molar-refractivity contribution in [3.63, 3.8) is 0 Å². The molecule has 0 aliphatic carbocycles. The maximum Gasteiger partial charge on any atom is 0.269 e. The second-order valence-electron chi connectivity index (χ2n) is 4.19. The number of benzene rings is 2. The smallest absolute Gasteiger partial charge is 0.269 e. The summed E-state index contributed by atoms with van der Waals surface area (Å²) >= 11 is 0. The highest BCUT2D eigenvalue weighted by molar-refractivity contribution is 5.45. The van der Waals surface area contributed by atoms with Gasteiger partial charge in [0.15, 0.2) is 0 Å². The van der Waals surface area contributed by atoms with E-state index < -0.39 is 4.92 Å². The van der Waals surface area contributed by atoms with Crippen LogP contribution in [0.2, 0.25) is 0 Å². The van der Waals surface area contributed by atoms with Gasteiger partial charge in [-0.15, -0.1) is 0 Å². The van der Waals surface area contributed by atoms with Crippen LogP contribution in [0.1, 0.15) is 11.1 Å². The van der Waals surface area contributed by atoms with Crippen LogP contribution >= 0.6 is 0 Å². The lowest BCUT2D eigenvalue weighted by Crippen LogP contribution is -1.97. The first-order valence-electron chi connectivity index (χ1n) is 6.08. The van der Waals surface area contributed by atoms with Gasteiger partial charge in [-0.3, -0.25) is 10.1 Å². The lowest BCUT2D eigenvalue weighted by Gasteiger charge is -2.08. The Balaban J connectivity index is 2.06. The topological polar surface area (TPSA) is 85.4 Å². The molecule has 0 radical (unpaired) electrons. The van der Waals surface area contributed by atoms with Crippen LogP contribution in [0, 0.1) is 21.4 Å². The maximum atomic E-state index is 10.5. The van der Waals surface area contributed by atoms with Crippen molar-refractivity contribution in [3.05, 3.63) is 63.7 Å². The van der Waals surface area contributed by atoms with E-state index in [0.717, 1.165) is 5.56 Å². The van der Waals surface area contributed by atoms with E-state index in [1.807, 2.05) is 6.07 Å². The Morgan fingerprint density at radius 1 is 1.24 bits per heavy atom. The van der Waals surface area contributed by atoms with Crippen molar-refractivity contribution in [3.8, 4) is 17.6 Å². The van der Waals surface area contributed by atoms with E-state index in [1.165, 1.54) is 31.4 Å². The highest BCUT2D eigenvalue weighted by Crippen LogP contribution is 2.21. The summed E-state index contributed by atoms with van der Waals surface area (Å²) in [6.07, 6.45) is 0. The van der Waals surface area contributed by atoms with Crippen LogP contribution in [0.4, 0.5) is 5.69 Å². The normalized spacial score (nSPS) is 9.71. The molecule has 0 N–H and O–H groups in total. The van der Waals surface area contributed by atoms with E-state index >= 15 is 0 Å². The van der Waals surface area contributed by atoms with E-state index in [4.69, 9.17) is 14.7 Å². The minimum Gasteiger partial charge on any atom is -0.495 e. The van der Waals surface area contributed by atoms with Crippen LogP contribution in [0.25, 0.3) is 0 Å². The standard InChI is InChI=1S/C15H12N2O4/c1-20-15-7-2-11(8-12(15)9-16)10-21-14-5-3-13(4-6-14)17(18)19/h2-8H,10H2,1H3. The number of nitrogens with zero attached hydrogens (tertiary/aromatic N) is 2. The van der Waals surface area contributed by atoms with Crippen LogP contribution in [-0.4, -0.2) is 12.0 Å². The molecule has 0 fully saturated rings. The van der Waals surface area contributed by atoms with Gasteiger partial charge in [-0.2, -0.15) is 5.26 Å². The van der Waals surface area contributed by atoms with Gasteiger partial charge in [-0.05, 0) is 29.8 Å². The SMILES string of the molecule is COc1ccc(COc2ccc([N+](=O)[O-])cc2)cc1C#N. The first kappa shape index (κ1) is 14.3. The summed E-state index contributed by atoms with van der Waals surface area (Å²) in [6, 6.07) is 13.1. The lowest BCUT2D eigenvalue weighted by atomic mass is 10.1. The molecule has 2 aromatic carbocycles. The summed E-state index contributed by atoms with van der Waals surface area (Å²) in [4.78, 5) is 10.1. The van der Waals surface area contributed by atoms with Crippen LogP contribution in [-0.2, 0) is 6.61 Å². The quantitative estimate of drug-likeness (QED) is 0.622. The van der Waals surface area contributed by atoms with Crippen molar-refractivity contribution in [1.82, 2.24) is 0 Å². The zero-order valence-electron chi connectivity index (χ0n) is 11.3. The fraction of sp³-hybridized carbons (Fsp3) is 0.133. The molecule has 0 spiro atoms. The third-order valence-corrected chi connectivity index (χ3v) is 2.84. The van der Waals surface area contributed by atoms with Gasteiger partial charge < -0.3 is 9.47 Å². The van der Waals surface area contributed by atoms with Crippen LogP contribution < -0.4 is 9.47 Å². The molecular weight excluding hydrogens is 272 g/mol. The number of ether oxygens (including phenoxy) is 2. The van der Waals surface area contributed by atoms with Gasteiger partial charge in [-0.1, -0.05) is 6.07 Å². The monoisotopic (exact) mass is 284 g/mol. The highest BCUT2D eigenvalue weighted by atomic mass is 16.6. The van der Waals surface area contributed by atoms with Crippen molar-refractivity contribution in [1.29, 1.82) is 5.26 Å². The number of nitro groups is 1. The van der Waals surface area contributed by atoms with Gasteiger partial charge in [0.1, 0.15) is 24.2 Å². The van der Waals surface area contributed by atoms with Crippen LogP contribution in [0.15, 0.2) is 42.5 Å². The average Bonchev–Trinajstić information content (AvgIpc) is 2.52. The summed E-state index contributed by atoms with van der Waals surface area (Å²) in [5.41, 5.74) is 1.26. The van der Waals surface area contributed by atoms with E-state index in [9.17, 15) is 10.1 Å². The summed E-state index contributed by atoms with van der Waals surface area (Å²) in [7, 11) is 1.50. The van der Waals surface area contributed by atoms with Gasteiger partial charge in [0, 0.05) is 12.1 Å². The van der Waals surface area contributed by atoms with Crippen LogP contribution in [0.3, 0.4) is 0 Å². The molecule has 0 heterocycles. The molecule has 106 valence electrons. The molecule has 21 heavy (non-hydrogen) atoms. The Labute approximate surface area is 121 Å². The first-order chi connectivity index (χ1) is 10.1. The van der Waals surface area contributed by atoms with Gasteiger partial charge in [0.05, 0.1) is 17.6 Å². The van der Waals surface area contributed by atoms with Gasteiger partial charge >= 0.3 is 0 Å². The molecule has 0 amide bonds. The molecule has 0 aliphatic rings. The molecule has 6 heteroatoms. The molecule has 2 aromatic rings. The predicted molar refractivity (Wildman–Crippen MR) is 75.1 cm³/mol. The minimum absolute atomic E-state index is 0.0126. The van der Waals surface area contributed by atoms with Crippen molar-refractivity contribution in [2.75, 3.05) is 7.11 Å². The van der Waals surface area contributed by atoms with Crippen molar-refractivity contribution in [2.45, 2.75) is 6.61 Å². The van der Waals surface area contributed by atoms with Crippen molar-refractivity contribution >= 4 is 5.69 Å². The third-order valence-electron chi connectivity index (χ3n) is 2.84. The third kappa shape index (κ3) is 3.48. The highest BCUT2D eigenvalue weighted by Gasteiger charge is 2.06. The second-order valence-corrected chi connectivity index (χ2v) is 4.19. The van der Waals surface area contributed by atoms with E-state index in [-0.39, 0.29) is 12.3 Å². The van der Waals surface area contributed by atoms with Gasteiger partial charge in [-0.25, -0.2) is 0 Å². The number of non-ortho nitro benzene ring substituents is 1. The molecule has 2 rings (SSSR count). The Kier molecular flexibility index (Phi) is 4.36. The van der Waals surface area contributed by atoms with E-state index in [1.54, 1.807) is 18.2 Å². The lowest BCUT2D eigenvalue weighted by molar-refractivity contribution is -0.384. The van der Waals surface area contributed by atoms with Crippen molar-refractivity contribution < 1.29 is 14.4 Å². The first-order valence-corrected chi connectivity index (χ1v) is 6.08. The molecule has 0 aliphatic heterocycles. The average molecular weight is 284 g/mol. The molecule has 0 saturated heterocycles. The minimum atomic E-state index is -0.466. The van der Waals surface area contributed by atoms with Gasteiger partial charge in [0.2, 0.25) is 0 Å². The maximum absolute atomic E-state index is 10.5. The molecule has 0 aromatic heterocycles. The summed E-state index contributed by atoms with van der Waals surface area (Å²) in [5, 5.41) is 19.6. The molecule has 0 unspecified atom stereocenters. The number of rotatable bonds is 5. The molecule has 0 saturated carbocycles. The number of nitro benzene ring substituents is 1. The number of hydrogen-bond acceptors (Lipinski definition) is 5. The Hall–Kier alpha value is -3.07. The fourth-order valence-electron chi connectivity index (χ4n) is 1.76. The number of methoxy groups -OCH3 is 1. The Morgan fingerprint density at radius 3 is 2.52 bits per heavy atom. The largest absolute Gasteiger partial charge is 0.495 e. The van der Waals surface area contributed by atoms with E-state index in [0.29, 0.717) is 17.1 Å². The van der Waals surface area contributed by atoms with E-state index in [2.05, 4.69) is 0 Å². The molecule has 6 nitrogen and oxygen atoms in total. The van der Waals surface area contributed by atoms with Crippen molar-refractivity contribution in [2.24, 2.45) is 0 Å². The zero-order chi connectivity index (χ0) is 15.2. The number of nitriles is 1. The summed E-state index contributed by atoms with van der Waals surface area (Å²) in [6.45, 7) is 0.260. The second kappa shape index (κ2) is 6.39. The molecular formula is C15H12N2O4. The fourth-order valence-corrected chi connectivity index (χ4v) is 1.76.